The summed E-state index contributed by atoms with van der Waals surface area (Å²) in [5.74, 6) is -0.0612. The number of hydrogen-bond acceptors (Lipinski definition) is 4. The van der Waals surface area contributed by atoms with Gasteiger partial charge in [-0.25, -0.2) is 4.68 Å². The molecule has 0 aliphatic carbocycles. The Bertz CT molecular complexity index is 779. The molecule has 1 aromatic carbocycles. The van der Waals surface area contributed by atoms with Crippen LogP contribution in [0.2, 0.25) is 5.02 Å². The van der Waals surface area contributed by atoms with E-state index in [9.17, 15) is 4.79 Å². The molecule has 1 atom stereocenters. The van der Waals surface area contributed by atoms with Gasteiger partial charge < -0.3 is 10.6 Å². The number of aromatic nitrogens is 3. The van der Waals surface area contributed by atoms with Crippen LogP contribution in [0.1, 0.15) is 42.9 Å². The Hall–Kier alpha value is -1.63. The van der Waals surface area contributed by atoms with Crippen molar-refractivity contribution in [2.75, 3.05) is 19.6 Å². The molecule has 0 radical (unpaired) electrons. The van der Waals surface area contributed by atoms with E-state index in [-0.39, 0.29) is 23.7 Å². The van der Waals surface area contributed by atoms with Crippen LogP contribution in [-0.2, 0) is 6.42 Å². The average Bonchev–Trinajstić information content (AvgIpc) is 3.19. The Kier molecular flexibility index (Phi) is 6.66. The van der Waals surface area contributed by atoms with E-state index in [1.54, 1.807) is 4.68 Å². The molecule has 1 aromatic heterocycles. The molecule has 1 unspecified atom stereocenters. The van der Waals surface area contributed by atoms with Crippen molar-refractivity contribution >= 4 is 29.9 Å². The zero-order valence-electron chi connectivity index (χ0n) is 15.1. The van der Waals surface area contributed by atoms with E-state index in [1.807, 2.05) is 29.2 Å². The van der Waals surface area contributed by atoms with Crippen molar-refractivity contribution in [2.45, 2.75) is 33.1 Å². The molecule has 3 rings (SSSR count). The minimum atomic E-state index is -0.0612. The molecule has 0 bridgehead atoms. The molecule has 2 heterocycles. The maximum absolute atomic E-state index is 13.0. The first kappa shape index (κ1) is 20.7. The lowest BCUT2D eigenvalue weighted by atomic mass is 9.90. The number of benzene rings is 1. The van der Waals surface area contributed by atoms with Gasteiger partial charge in [-0.2, -0.15) is 0 Å². The number of amides is 1. The molecule has 26 heavy (non-hydrogen) atoms. The average molecular weight is 398 g/mol. The molecule has 2 N–H and O–H groups in total. The Morgan fingerprint density at radius 3 is 2.81 bits per heavy atom. The lowest BCUT2D eigenvalue weighted by Gasteiger charge is -2.22. The summed E-state index contributed by atoms with van der Waals surface area (Å²) in [4.78, 5) is 14.8. The highest BCUT2D eigenvalue weighted by Gasteiger charge is 2.37. The maximum Gasteiger partial charge on any atom is 0.276 e. The monoisotopic (exact) mass is 397 g/mol. The van der Waals surface area contributed by atoms with Crippen molar-refractivity contribution in [3.05, 3.63) is 40.7 Å². The quantitative estimate of drug-likeness (QED) is 0.840. The first-order valence-corrected chi connectivity index (χ1v) is 9.05. The second-order valence-corrected chi connectivity index (χ2v) is 7.45. The van der Waals surface area contributed by atoms with Crippen LogP contribution in [0, 0.1) is 5.41 Å². The van der Waals surface area contributed by atoms with E-state index < -0.39 is 0 Å². The number of carbonyl (C=O) groups is 1. The van der Waals surface area contributed by atoms with Crippen molar-refractivity contribution in [1.82, 2.24) is 19.9 Å². The Morgan fingerprint density at radius 2 is 2.19 bits per heavy atom. The molecule has 1 saturated heterocycles. The summed E-state index contributed by atoms with van der Waals surface area (Å²) in [5, 5.41) is 9.06. The Balaban J connectivity index is 0.00000243. The fourth-order valence-electron chi connectivity index (χ4n) is 3.26. The standard InChI is InChI=1S/C18H24ClN5O.ClH/c1-3-5-15-16(17(25)23-9-8-18(2,11-20)12-23)21-22-24(15)14-7-4-6-13(19)10-14;/h4,6-7,10H,3,5,8-9,11-12,20H2,1-2H3;1H. The fraction of sp³-hybridized carbons (Fsp3) is 0.500. The minimum absolute atomic E-state index is 0. The first-order valence-electron chi connectivity index (χ1n) is 8.67. The summed E-state index contributed by atoms with van der Waals surface area (Å²) in [6.07, 6.45) is 2.54. The van der Waals surface area contributed by atoms with Crippen LogP contribution in [-0.4, -0.2) is 45.4 Å². The summed E-state index contributed by atoms with van der Waals surface area (Å²) in [6.45, 7) is 6.15. The van der Waals surface area contributed by atoms with Crippen molar-refractivity contribution in [1.29, 1.82) is 0 Å². The number of nitrogens with zero attached hydrogens (tertiary/aromatic N) is 4. The third-order valence-corrected chi connectivity index (χ3v) is 5.08. The van der Waals surface area contributed by atoms with E-state index in [4.69, 9.17) is 17.3 Å². The van der Waals surface area contributed by atoms with Crippen molar-refractivity contribution in [2.24, 2.45) is 11.1 Å². The van der Waals surface area contributed by atoms with E-state index in [0.29, 0.717) is 30.4 Å². The molecule has 142 valence electrons. The fourth-order valence-corrected chi connectivity index (χ4v) is 3.44. The van der Waals surface area contributed by atoms with Gasteiger partial charge in [-0.05, 0) is 43.0 Å². The molecule has 1 amide bonds. The van der Waals surface area contributed by atoms with E-state index in [0.717, 1.165) is 30.6 Å². The first-order chi connectivity index (χ1) is 12.0. The summed E-state index contributed by atoms with van der Waals surface area (Å²) < 4.78 is 1.72. The van der Waals surface area contributed by atoms with Crippen LogP contribution < -0.4 is 5.73 Å². The van der Waals surface area contributed by atoms with Gasteiger partial charge in [0.1, 0.15) is 0 Å². The van der Waals surface area contributed by atoms with Gasteiger partial charge in [0, 0.05) is 18.1 Å². The zero-order chi connectivity index (χ0) is 18.0. The van der Waals surface area contributed by atoms with E-state index in [2.05, 4.69) is 24.2 Å². The maximum atomic E-state index is 13.0. The van der Waals surface area contributed by atoms with E-state index >= 15 is 0 Å². The summed E-state index contributed by atoms with van der Waals surface area (Å²) in [5.41, 5.74) is 7.93. The molecular weight excluding hydrogens is 373 g/mol. The topological polar surface area (TPSA) is 77.0 Å². The molecule has 1 aliphatic heterocycles. The minimum Gasteiger partial charge on any atom is -0.337 e. The van der Waals surface area contributed by atoms with Crippen LogP contribution in [0.4, 0.5) is 0 Å². The van der Waals surface area contributed by atoms with Gasteiger partial charge in [0.25, 0.3) is 5.91 Å². The van der Waals surface area contributed by atoms with Crippen molar-refractivity contribution in [3.8, 4) is 5.69 Å². The smallest absolute Gasteiger partial charge is 0.276 e. The number of hydrogen-bond donors (Lipinski definition) is 1. The summed E-state index contributed by atoms with van der Waals surface area (Å²) in [7, 11) is 0. The normalized spacial score (nSPS) is 19.5. The third-order valence-electron chi connectivity index (χ3n) is 4.84. The highest BCUT2D eigenvalue weighted by atomic mass is 35.5. The number of nitrogens with two attached hydrogens (primary N) is 1. The molecule has 0 saturated carbocycles. The second-order valence-electron chi connectivity index (χ2n) is 7.02. The van der Waals surface area contributed by atoms with Crippen LogP contribution in [0.15, 0.2) is 24.3 Å². The Labute approximate surface area is 165 Å². The largest absolute Gasteiger partial charge is 0.337 e. The highest BCUT2D eigenvalue weighted by Crippen LogP contribution is 2.30. The highest BCUT2D eigenvalue weighted by molar-refractivity contribution is 6.30. The van der Waals surface area contributed by atoms with Crippen LogP contribution >= 0.6 is 24.0 Å². The van der Waals surface area contributed by atoms with Gasteiger partial charge >= 0.3 is 0 Å². The number of likely N-dealkylation sites (tertiary alicyclic amines) is 1. The van der Waals surface area contributed by atoms with Gasteiger partial charge in [0.15, 0.2) is 5.69 Å². The number of halogens is 2. The molecular formula is C18H25Cl2N5O. The van der Waals surface area contributed by atoms with Gasteiger partial charge in [0.05, 0.1) is 11.4 Å². The predicted octanol–water partition coefficient (Wildman–Crippen LogP) is 3.11. The molecule has 6 nitrogen and oxygen atoms in total. The molecule has 1 fully saturated rings. The summed E-state index contributed by atoms with van der Waals surface area (Å²) >= 11 is 6.10. The molecule has 8 heteroatoms. The number of carbonyl (C=O) groups excluding carboxylic acids is 1. The van der Waals surface area contributed by atoms with Crippen LogP contribution in [0.5, 0.6) is 0 Å². The van der Waals surface area contributed by atoms with Gasteiger partial charge in [-0.3, -0.25) is 4.79 Å². The molecule has 2 aromatic rings. The van der Waals surface area contributed by atoms with Gasteiger partial charge in [0.2, 0.25) is 0 Å². The SMILES string of the molecule is CCCc1c(C(=O)N2CCC(C)(CN)C2)nnn1-c1cccc(Cl)c1.Cl. The predicted molar refractivity (Wildman–Crippen MR) is 105 cm³/mol. The van der Waals surface area contributed by atoms with Crippen molar-refractivity contribution < 1.29 is 4.79 Å². The Morgan fingerprint density at radius 1 is 1.42 bits per heavy atom. The van der Waals surface area contributed by atoms with Gasteiger partial charge in [-0.1, -0.05) is 43.1 Å². The lowest BCUT2D eigenvalue weighted by Crippen LogP contribution is -2.35. The lowest BCUT2D eigenvalue weighted by molar-refractivity contribution is 0.0770. The van der Waals surface area contributed by atoms with Gasteiger partial charge in [-0.15, -0.1) is 17.5 Å². The van der Waals surface area contributed by atoms with Crippen molar-refractivity contribution in [3.63, 3.8) is 0 Å². The molecule has 0 spiro atoms. The molecule has 1 aliphatic rings. The van der Waals surface area contributed by atoms with E-state index in [1.165, 1.54) is 0 Å². The zero-order valence-corrected chi connectivity index (χ0v) is 16.7. The summed E-state index contributed by atoms with van der Waals surface area (Å²) in [6, 6.07) is 7.41. The third kappa shape index (κ3) is 4.03. The van der Waals surface area contributed by atoms with Crippen LogP contribution in [0.3, 0.4) is 0 Å². The second kappa shape index (κ2) is 8.37. The van der Waals surface area contributed by atoms with Crippen LogP contribution in [0.25, 0.3) is 5.69 Å². The number of rotatable bonds is 5.